The van der Waals surface area contributed by atoms with E-state index in [0.29, 0.717) is 11.5 Å². The van der Waals surface area contributed by atoms with Gasteiger partial charge in [-0.1, -0.05) is 372 Å². The van der Waals surface area contributed by atoms with Crippen molar-refractivity contribution in [3.8, 4) is 102 Å². The molecule has 0 heterocycles. The highest BCUT2D eigenvalue weighted by atomic mass is 16.3. The molecule has 21 aromatic carbocycles. The van der Waals surface area contributed by atoms with Gasteiger partial charge in [0.2, 0.25) is 0 Å². The van der Waals surface area contributed by atoms with E-state index in [2.05, 4.69) is 255 Å². The molecule has 0 saturated heterocycles. The Hall–Kier alpha value is -17.6. The van der Waals surface area contributed by atoms with Crippen molar-refractivity contribution in [3.63, 3.8) is 0 Å². The first-order chi connectivity index (χ1) is 69.5. The number of phenols is 10. The summed E-state index contributed by atoms with van der Waals surface area (Å²) in [7, 11) is 0. The Labute approximate surface area is 825 Å². The van der Waals surface area contributed by atoms with Crippen molar-refractivity contribution in [3.05, 3.63) is 573 Å². The second kappa shape index (κ2) is 37.0. The second-order valence-corrected chi connectivity index (χ2v) is 37.7. The molecule has 0 aliphatic heterocycles. The summed E-state index contributed by atoms with van der Waals surface area (Å²) in [4.78, 5) is 0. The molecule has 5 aliphatic rings. The summed E-state index contributed by atoms with van der Waals surface area (Å²) in [5, 5.41) is 106. The van der Waals surface area contributed by atoms with Crippen LogP contribution >= 0.6 is 0 Å². The summed E-state index contributed by atoms with van der Waals surface area (Å²) in [5.41, 5.74) is 28.5. The molecule has 690 valence electrons. The highest BCUT2D eigenvalue weighted by molar-refractivity contribution is 6.05. The minimum Gasteiger partial charge on any atom is -0.508 e. The molecule has 0 radical (unpaired) electrons. The Balaban J connectivity index is 0.000000102. The molecule has 26 rings (SSSR count). The van der Waals surface area contributed by atoms with Crippen molar-refractivity contribution in [2.75, 3.05) is 0 Å². The molecular weight excluding hydrogens is 1750 g/mol. The second-order valence-electron chi connectivity index (χ2n) is 37.7. The summed E-state index contributed by atoms with van der Waals surface area (Å²) in [5.74, 6) is 2.60. The molecule has 10 heteroatoms. The van der Waals surface area contributed by atoms with Gasteiger partial charge in [0.1, 0.15) is 57.5 Å². The van der Waals surface area contributed by atoms with Gasteiger partial charge >= 0.3 is 0 Å². The van der Waals surface area contributed by atoms with Crippen molar-refractivity contribution >= 4 is 32.3 Å². The minimum absolute atomic E-state index is 0.00181. The van der Waals surface area contributed by atoms with Gasteiger partial charge in [-0.3, -0.25) is 0 Å². The van der Waals surface area contributed by atoms with E-state index in [1.165, 1.54) is 165 Å². The topological polar surface area (TPSA) is 202 Å². The molecule has 1 fully saturated rings. The summed E-state index contributed by atoms with van der Waals surface area (Å²) >= 11 is 0. The lowest BCUT2D eigenvalue weighted by atomic mass is 9.66. The van der Waals surface area contributed by atoms with Gasteiger partial charge in [0, 0.05) is 5.41 Å². The van der Waals surface area contributed by atoms with Crippen molar-refractivity contribution < 1.29 is 51.1 Å². The van der Waals surface area contributed by atoms with Crippen LogP contribution in [0.2, 0.25) is 0 Å². The molecule has 0 spiro atoms. The monoisotopic (exact) mass is 1850 g/mol. The van der Waals surface area contributed by atoms with Gasteiger partial charge in [-0.05, 0) is 323 Å². The van der Waals surface area contributed by atoms with Crippen LogP contribution in [0.1, 0.15) is 145 Å². The molecule has 0 unspecified atom stereocenters. The fourth-order valence-electron chi connectivity index (χ4n) is 24.0. The molecular formula is C132H102O10. The smallest absolute Gasteiger partial charge is 0.115 e. The van der Waals surface area contributed by atoms with E-state index in [0.717, 1.165) is 57.3 Å². The van der Waals surface area contributed by atoms with Crippen molar-refractivity contribution in [1.82, 2.24) is 0 Å². The first-order valence-electron chi connectivity index (χ1n) is 48.5. The lowest BCUT2D eigenvalue weighted by molar-refractivity contribution is 0.365. The van der Waals surface area contributed by atoms with Gasteiger partial charge < -0.3 is 51.1 Å². The number of phenolic OH excluding ortho intramolecular Hbond substituents is 10. The average molecular weight is 1850 g/mol. The van der Waals surface area contributed by atoms with Gasteiger partial charge in [-0.15, -0.1) is 0 Å². The Morgan fingerprint density at radius 2 is 0.387 bits per heavy atom. The van der Waals surface area contributed by atoms with Crippen LogP contribution in [0.3, 0.4) is 0 Å². The van der Waals surface area contributed by atoms with E-state index < -0.39 is 21.7 Å². The molecule has 0 atom stereocenters. The van der Waals surface area contributed by atoms with Crippen molar-refractivity contribution in [2.24, 2.45) is 0 Å². The summed E-state index contributed by atoms with van der Waals surface area (Å²) < 4.78 is 0. The van der Waals surface area contributed by atoms with Gasteiger partial charge in [-0.2, -0.15) is 0 Å². The molecule has 5 aliphatic carbocycles. The van der Waals surface area contributed by atoms with Crippen molar-refractivity contribution in [1.29, 1.82) is 0 Å². The molecule has 0 amide bonds. The number of hydrogen-bond donors (Lipinski definition) is 10. The van der Waals surface area contributed by atoms with Crippen molar-refractivity contribution in [2.45, 2.75) is 72.0 Å². The van der Waals surface area contributed by atoms with Gasteiger partial charge in [0.15, 0.2) is 0 Å². The van der Waals surface area contributed by atoms with E-state index in [1.54, 1.807) is 121 Å². The number of aromatic hydroxyl groups is 10. The van der Waals surface area contributed by atoms with E-state index in [9.17, 15) is 51.1 Å². The van der Waals surface area contributed by atoms with Crippen LogP contribution in [0, 0.1) is 0 Å². The Morgan fingerprint density at radius 3 is 0.754 bits per heavy atom. The first-order valence-corrected chi connectivity index (χ1v) is 48.5. The Kier molecular flexibility index (Phi) is 23.4. The largest absolute Gasteiger partial charge is 0.508 e. The summed E-state index contributed by atoms with van der Waals surface area (Å²) in [6.45, 7) is 0. The third kappa shape index (κ3) is 15.2. The minimum atomic E-state index is -0.561. The van der Waals surface area contributed by atoms with Gasteiger partial charge in [0.25, 0.3) is 0 Å². The van der Waals surface area contributed by atoms with Crippen LogP contribution in [0.25, 0.3) is 76.8 Å². The predicted octanol–water partition coefficient (Wildman–Crippen LogP) is 30.4. The quantitative estimate of drug-likeness (QED) is 0.0628. The lowest BCUT2D eigenvalue weighted by Gasteiger charge is -2.37. The number of rotatable bonds is 10. The molecule has 10 N–H and O–H groups in total. The lowest BCUT2D eigenvalue weighted by Crippen LogP contribution is -2.28. The van der Waals surface area contributed by atoms with E-state index >= 15 is 0 Å². The molecule has 10 nitrogen and oxygen atoms in total. The Bertz CT molecular complexity index is 7840. The van der Waals surface area contributed by atoms with E-state index in [4.69, 9.17) is 0 Å². The summed E-state index contributed by atoms with van der Waals surface area (Å²) in [6.07, 6.45) is 8.62. The fourth-order valence-corrected chi connectivity index (χ4v) is 24.0. The van der Waals surface area contributed by atoms with Crippen LogP contribution < -0.4 is 0 Å². The molecule has 0 bridgehead atoms. The maximum absolute atomic E-state index is 10.0. The zero-order valence-corrected chi connectivity index (χ0v) is 78.0. The molecule has 21 aromatic rings. The maximum atomic E-state index is 10.0. The standard InChI is InChI=1S/3C29H20O2.C25H18O2.C20H24O2/c30-22-14-10-20(11-15-22)29(21-12-16-23(31)17-13-21)27-8-4-3-7-25(27)26-18-9-19-5-1-2-6-24(19)28(26)29;30-22-14-10-20(11-15-22)29(21-12-16-23(31)17-13-21)26-8-4-3-7-25(26)28-24-6-2-1-5-19(24)9-18-27(28)29;30-23-13-9-21(10-14-23)29(22-11-15-24(31)16-12-22)27-8-4-3-7-25(27)26-17-19-5-1-2-6-20(19)18-28(26)29;26-19-13-9-17(10-14-19)25(18-11-15-20(27)16-12-18)23-7-3-1-5-21(23)22-6-2-4-8-24(22)25;21-18-10-6-16(7-11-18)20(14-4-2-1-3-5-15-20)17-8-12-19(22)13-9-17/h3*1-18,30-31H;1-16,26-27H;6-13,21-22H,1-5,14-15H2. The molecule has 1 saturated carbocycles. The highest BCUT2D eigenvalue weighted by Crippen LogP contribution is 2.63. The third-order valence-electron chi connectivity index (χ3n) is 30.2. The van der Waals surface area contributed by atoms with Crippen LogP contribution in [-0.2, 0) is 27.1 Å². The van der Waals surface area contributed by atoms with Crippen LogP contribution in [0.15, 0.2) is 473 Å². The molecule has 142 heavy (non-hydrogen) atoms. The highest BCUT2D eigenvalue weighted by Gasteiger charge is 2.52. The fraction of sp³-hybridized carbons (Fsp3) is 0.0909. The zero-order valence-electron chi connectivity index (χ0n) is 78.0. The van der Waals surface area contributed by atoms with E-state index in [-0.39, 0.29) is 51.4 Å². The van der Waals surface area contributed by atoms with Crippen LogP contribution in [-0.4, -0.2) is 51.1 Å². The molecule has 0 aromatic heterocycles. The Morgan fingerprint density at radius 1 is 0.148 bits per heavy atom. The predicted molar refractivity (Wildman–Crippen MR) is 570 cm³/mol. The van der Waals surface area contributed by atoms with Gasteiger partial charge in [0.05, 0.1) is 21.7 Å². The normalized spacial score (nSPS) is 14.4. The van der Waals surface area contributed by atoms with Crippen LogP contribution in [0.4, 0.5) is 0 Å². The third-order valence-corrected chi connectivity index (χ3v) is 30.2. The first kappa shape index (κ1) is 89.6. The number of hydrogen-bond acceptors (Lipinski definition) is 10. The van der Waals surface area contributed by atoms with Gasteiger partial charge in [-0.25, -0.2) is 0 Å². The zero-order chi connectivity index (χ0) is 96.9. The van der Waals surface area contributed by atoms with E-state index in [1.807, 2.05) is 97.1 Å². The maximum Gasteiger partial charge on any atom is 0.115 e. The number of benzene rings is 21. The average Bonchev–Trinajstić information content (AvgIpc) is 1.55. The number of fused-ring (bicyclic) bond motifs is 17. The summed E-state index contributed by atoms with van der Waals surface area (Å²) in [6, 6.07) is 157. The van der Waals surface area contributed by atoms with Crippen LogP contribution in [0.5, 0.6) is 57.5 Å². The SMILES string of the molecule is Oc1ccc(C2(c3ccc(O)cc3)CCCCCCC2)cc1.Oc1ccc(C2(c3ccc(O)cc3)c3ccccc3-c3c2ccc2ccccc32)cc1.Oc1ccc(C2(c3ccc(O)cc3)c3ccccc3-c3cc4ccccc4cc32)cc1.Oc1ccc(C2(c3ccc(O)cc3)c3ccccc3-c3ccc4ccccc4c32)cc1.Oc1ccc(C2(c3ccc(O)cc3)c3ccccc3-c3ccccc32)cc1.